The Hall–Kier alpha value is 0.651. The Morgan fingerprint density at radius 1 is 0.367 bits per heavy atom. The molecule has 0 aliphatic carbocycles. The molecule has 0 aliphatic heterocycles. The second kappa shape index (κ2) is 27.7. The SMILES string of the molecule is CCCCCCCCC[Si][Si](CCCCCCCCC)[Si]CCCCCCCCC. The van der Waals surface area contributed by atoms with Gasteiger partial charge in [-0.3, -0.25) is 0 Å². The number of hydrogen-bond donors (Lipinski definition) is 0. The third-order valence-electron chi connectivity index (χ3n) is 6.27. The average molecular weight is 466 g/mol. The first kappa shape index (κ1) is 30.7. The molecule has 0 unspecified atom stereocenters. The first-order chi connectivity index (χ1) is 14.8. The van der Waals surface area contributed by atoms with Gasteiger partial charge in [0.05, 0.1) is 0 Å². The van der Waals surface area contributed by atoms with E-state index in [1.54, 1.807) is 24.6 Å². The minimum absolute atomic E-state index is 0.0119. The van der Waals surface area contributed by atoms with E-state index in [0.717, 1.165) is 0 Å². The molecule has 3 heteroatoms. The van der Waals surface area contributed by atoms with Crippen molar-refractivity contribution in [3.63, 3.8) is 0 Å². The molecule has 0 aromatic rings. The lowest BCUT2D eigenvalue weighted by Crippen LogP contribution is -2.30. The van der Waals surface area contributed by atoms with Gasteiger partial charge >= 0.3 is 0 Å². The summed E-state index contributed by atoms with van der Waals surface area (Å²) >= 11 is 0. The Balaban J connectivity index is 3.81. The molecular weight excluding hydrogens is 409 g/mol. The third-order valence-corrected chi connectivity index (χ3v) is 17.9. The molecule has 0 heterocycles. The smallest absolute Gasteiger partial charge is 0.0222 e. The summed E-state index contributed by atoms with van der Waals surface area (Å²) in [5.74, 6) is 0. The number of hydrogen-bond acceptors (Lipinski definition) is 0. The average Bonchev–Trinajstić information content (AvgIpc) is 2.76. The largest absolute Gasteiger partial charge is 0.0654 e. The molecule has 0 nitrogen and oxygen atoms in total. The maximum absolute atomic E-state index is 2.33. The summed E-state index contributed by atoms with van der Waals surface area (Å²) in [6, 6.07) is 4.83. The second-order valence-corrected chi connectivity index (χ2v) is 19.9. The van der Waals surface area contributed by atoms with Gasteiger partial charge in [-0.05, 0) is 0 Å². The van der Waals surface area contributed by atoms with Gasteiger partial charge in [0, 0.05) is 25.9 Å². The van der Waals surface area contributed by atoms with Crippen LogP contribution in [0.4, 0.5) is 0 Å². The summed E-state index contributed by atoms with van der Waals surface area (Å²) in [7, 11) is 2.76. The summed E-state index contributed by atoms with van der Waals surface area (Å²) in [6.07, 6.45) is 31.1. The Labute approximate surface area is 199 Å². The van der Waals surface area contributed by atoms with Crippen LogP contribution in [0.15, 0.2) is 0 Å². The molecule has 0 aromatic heterocycles. The molecule has 0 amide bonds. The molecule has 0 saturated heterocycles. The Morgan fingerprint density at radius 2 is 0.667 bits per heavy atom. The van der Waals surface area contributed by atoms with Gasteiger partial charge < -0.3 is 0 Å². The van der Waals surface area contributed by atoms with Gasteiger partial charge in [-0.1, -0.05) is 174 Å². The van der Waals surface area contributed by atoms with Crippen molar-refractivity contribution in [1.82, 2.24) is 0 Å². The van der Waals surface area contributed by atoms with E-state index in [1.807, 2.05) is 0 Å². The zero-order valence-corrected chi connectivity index (χ0v) is 24.5. The predicted molar refractivity (Wildman–Crippen MR) is 146 cm³/mol. The minimum atomic E-state index is 0.0119. The van der Waals surface area contributed by atoms with E-state index < -0.39 is 0 Å². The zero-order chi connectivity index (χ0) is 22.0. The van der Waals surface area contributed by atoms with Gasteiger partial charge in [0.2, 0.25) is 0 Å². The van der Waals surface area contributed by atoms with Crippen LogP contribution < -0.4 is 0 Å². The van der Waals surface area contributed by atoms with Crippen molar-refractivity contribution in [2.75, 3.05) is 0 Å². The summed E-state index contributed by atoms with van der Waals surface area (Å²) in [6.45, 7) is 6.97. The second-order valence-electron chi connectivity index (χ2n) is 9.45. The molecule has 0 aliphatic rings. The molecule has 0 spiro atoms. The maximum Gasteiger partial charge on any atom is 0.0222 e. The van der Waals surface area contributed by atoms with Crippen molar-refractivity contribution in [1.29, 1.82) is 0 Å². The topological polar surface area (TPSA) is 0 Å². The fourth-order valence-electron chi connectivity index (χ4n) is 4.14. The lowest BCUT2D eigenvalue weighted by atomic mass is 10.1. The summed E-state index contributed by atoms with van der Waals surface area (Å²) in [5, 5.41) is 0. The molecule has 0 atom stereocenters. The van der Waals surface area contributed by atoms with Crippen molar-refractivity contribution in [2.24, 2.45) is 0 Å². The summed E-state index contributed by atoms with van der Waals surface area (Å²) < 4.78 is 0. The van der Waals surface area contributed by atoms with Gasteiger partial charge in [0.1, 0.15) is 0 Å². The van der Waals surface area contributed by atoms with Crippen molar-refractivity contribution < 1.29 is 0 Å². The third kappa shape index (κ3) is 24.9. The molecule has 0 saturated carbocycles. The quantitative estimate of drug-likeness (QED) is 0.0880. The highest BCUT2D eigenvalue weighted by Crippen LogP contribution is 2.14. The van der Waals surface area contributed by atoms with E-state index in [0.29, 0.717) is 0 Å². The highest BCUT2D eigenvalue weighted by molar-refractivity contribution is 7.39. The first-order valence-corrected chi connectivity index (χ1v) is 20.3. The molecule has 0 rings (SSSR count). The number of rotatable bonds is 26. The van der Waals surface area contributed by atoms with E-state index in [4.69, 9.17) is 0 Å². The van der Waals surface area contributed by atoms with Crippen LogP contribution in [0.2, 0.25) is 18.1 Å². The van der Waals surface area contributed by atoms with Crippen molar-refractivity contribution in [2.45, 2.75) is 174 Å². The molecule has 177 valence electrons. The molecule has 30 heavy (non-hydrogen) atoms. The van der Waals surface area contributed by atoms with Crippen molar-refractivity contribution in [3.05, 3.63) is 0 Å². The minimum Gasteiger partial charge on any atom is -0.0654 e. The van der Waals surface area contributed by atoms with Gasteiger partial charge in [-0.15, -0.1) is 0 Å². The van der Waals surface area contributed by atoms with E-state index in [-0.39, 0.29) is 7.83 Å². The molecule has 0 fully saturated rings. The van der Waals surface area contributed by atoms with Crippen LogP contribution in [0.1, 0.15) is 156 Å². The van der Waals surface area contributed by atoms with Crippen molar-refractivity contribution >= 4 is 25.9 Å². The lowest BCUT2D eigenvalue weighted by Gasteiger charge is -2.14. The molecule has 0 aromatic carbocycles. The van der Waals surface area contributed by atoms with Crippen LogP contribution in [-0.2, 0) is 0 Å². The van der Waals surface area contributed by atoms with E-state index in [2.05, 4.69) is 20.8 Å². The highest BCUT2D eigenvalue weighted by Gasteiger charge is 2.12. The van der Waals surface area contributed by atoms with Gasteiger partial charge in [-0.25, -0.2) is 0 Å². The standard InChI is InChI=1S/C27H57Si3/c1-4-7-10-13-16-19-22-25-28-30(27-24-21-18-15-12-9-6-3)29-26-23-20-17-14-11-8-5-2/h4-27H2,1-3H3. The predicted octanol–water partition coefficient (Wildman–Crippen LogP) is 9.97. The van der Waals surface area contributed by atoms with Gasteiger partial charge in [0.15, 0.2) is 0 Å². The fourth-order valence-corrected chi connectivity index (χ4v) is 15.4. The zero-order valence-electron chi connectivity index (χ0n) is 21.5. The van der Waals surface area contributed by atoms with Crippen molar-refractivity contribution in [3.8, 4) is 0 Å². The fraction of sp³-hybridized carbons (Fsp3) is 1.00. The summed E-state index contributed by atoms with van der Waals surface area (Å²) in [4.78, 5) is 0. The molecule has 0 N–H and O–H groups in total. The Morgan fingerprint density at radius 3 is 1.03 bits per heavy atom. The van der Waals surface area contributed by atoms with Crippen LogP contribution in [-0.4, -0.2) is 25.9 Å². The van der Waals surface area contributed by atoms with Crippen LogP contribution in [0.3, 0.4) is 0 Å². The van der Waals surface area contributed by atoms with Crippen LogP contribution >= 0.6 is 0 Å². The van der Waals surface area contributed by atoms with E-state index in [1.165, 1.54) is 146 Å². The maximum atomic E-state index is 2.33. The highest BCUT2D eigenvalue weighted by atomic mass is 29.6. The normalized spacial score (nSPS) is 11.6. The van der Waals surface area contributed by atoms with Gasteiger partial charge in [0.25, 0.3) is 0 Å². The van der Waals surface area contributed by atoms with Gasteiger partial charge in [-0.2, -0.15) is 0 Å². The molecular formula is C27H57Si3. The van der Waals surface area contributed by atoms with E-state index in [9.17, 15) is 0 Å². The van der Waals surface area contributed by atoms with Crippen LogP contribution in [0.5, 0.6) is 0 Å². The Kier molecular flexibility index (Phi) is 28.3. The van der Waals surface area contributed by atoms with E-state index >= 15 is 0 Å². The molecule has 0 bridgehead atoms. The lowest BCUT2D eigenvalue weighted by molar-refractivity contribution is 0.600. The number of unbranched alkanes of at least 4 members (excludes halogenated alkanes) is 18. The molecule has 5 radical (unpaired) electrons. The Bertz CT molecular complexity index is 276. The summed E-state index contributed by atoms with van der Waals surface area (Å²) in [5.41, 5.74) is 0. The first-order valence-electron chi connectivity index (χ1n) is 14.2. The van der Waals surface area contributed by atoms with Crippen LogP contribution in [0.25, 0.3) is 0 Å². The monoisotopic (exact) mass is 465 g/mol. The van der Waals surface area contributed by atoms with Crippen LogP contribution in [0, 0.1) is 0 Å².